The van der Waals surface area contributed by atoms with Crippen molar-refractivity contribution in [2.45, 2.75) is 38.5 Å². The lowest BCUT2D eigenvalue weighted by Crippen LogP contribution is -2.43. The van der Waals surface area contributed by atoms with Crippen LogP contribution in [0.3, 0.4) is 0 Å². The van der Waals surface area contributed by atoms with Crippen molar-refractivity contribution in [2.75, 3.05) is 19.7 Å². The van der Waals surface area contributed by atoms with Gasteiger partial charge in [0.25, 0.3) is 0 Å². The Labute approximate surface area is 124 Å². The molecule has 1 fully saturated rings. The Morgan fingerprint density at radius 1 is 1.48 bits per heavy atom. The molecule has 0 bridgehead atoms. The van der Waals surface area contributed by atoms with Crippen molar-refractivity contribution in [1.82, 2.24) is 14.5 Å². The summed E-state index contributed by atoms with van der Waals surface area (Å²) in [5.41, 5.74) is 0.969. The molecule has 0 unspecified atom stereocenters. The van der Waals surface area contributed by atoms with Crippen LogP contribution >= 0.6 is 0 Å². The summed E-state index contributed by atoms with van der Waals surface area (Å²) in [4.78, 5) is 12.0. The van der Waals surface area contributed by atoms with Gasteiger partial charge in [0.05, 0.1) is 23.9 Å². The monoisotopic (exact) mass is 315 g/mol. The van der Waals surface area contributed by atoms with Gasteiger partial charge in [-0.05, 0) is 33.6 Å². The molecule has 1 aromatic rings. The summed E-state index contributed by atoms with van der Waals surface area (Å²) in [6.07, 6.45) is 1.31. The molecule has 1 aliphatic rings. The number of aromatic nitrogens is 2. The topological polar surface area (TPSA) is 92.4 Å². The quantitative estimate of drug-likeness (QED) is 0.837. The van der Waals surface area contributed by atoms with E-state index in [4.69, 9.17) is 4.74 Å². The van der Waals surface area contributed by atoms with Crippen LogP contribution in [0.2, 0.25) is 0 Å². The molecule has 0 amide bonds. The number of esters is 1. The number of aryl methyl sites for hydroxylation is 2. The Balaban J connectivity index is 2.23. The molecule has 1 saturated heterocycles. The van der Waals surface area contributed by atoms with Gasteiger partial charge in [0.2, 0.25) is 10.0 Å². The van der Waals surface area contributed by atoms with Gasteiger partial charge in [-0.15, -0.1) is 0 Å². The first-order valence-electron chi connectivity index (χ1n) is 7.06. The number of rotatable bonds is 4. The van der Waals surface area contributed by atoms with Crippen molar-refractivity contribution in [2.24, 2.45) is 5.92 Å². The highest BCUT2D eigenvalue weighted by Gasteiger charge is 2.36. The SMILES string of the molecule is CCOC(=O)[C@@H]1CCCN(S(=O)(=O)c2c(C)n[nH]c2C)C1. The Hall–Kier alpha value is -1.41. The van der Waals surface area contributed by atoms with Crippen LogP contribution in [0.25, 0.3) is 0 Å². The zero-order valence-corrected chi connectivity index (χ0v) is 13.4. The van der Waals surface area contributed by atoms with Crippen LogP contribution in [0.15, 0.2) is 4.90 Å². The summed E-state index contributed by atoms with van der Waals surface area (Å²) in [5.74, 6) is -0.709. The molecule has 8 heteroatoms. The molecule has 1 aliphatic heterocycles. The number of hydrogen-bond donors (Lipinski definition) is 1. The lowest BCUT2D eigenvalue weighted by atomic mass is 10.0. The van der Waals surface area contributed by atoms with Gasteiger partial charge in [-0.25, -0.2) is 8.42 Å². The van der Waals surface area contributed by atoms with Gasteiger partial charge in [-0.1, -0.05) is 0 Å². The number of piperidine rings is 1. The molecule has 0 spiro atoms. The summed E-state index contributed by atoms with van der Waals surface area (Å²) in [7, 11) is -3.63. The molecule has 118 valence electrons. The fourth-order valence-electron chi connectivity index (χ4n) is 2.66. The van der Waals surface area contributed by atoms with E-state index in [2.05, 4.69) is 10.2 Å². The molecule has 1 N–H and O–H groups in total. The van der Waals surface area contributed by atoms with Gasteiger partial charge in [-0.3, -0.25) is 9.89 Å². The van der Waals surface area contributed by atoms with Crippen LogP contribution < -0.4 is 0 Å². The lowest BCUT2D eigenvalue weighted by Gasteiger charge is -2.30. The van der Waals surface area contributed by atoms with Crippen LogP contribution in [0.5, 0.6) is 0 Å². The second-order valence-electron chi connectivity index (χ2n) is 5.22. The second-order valence-corrected chi connectivity index (χ2v) is 7.09. The summed E-state index contributed by atoms with van der Waals surface area (Å²) >= 11 is 0. The predicted octanol–water partition coefficient (Wildman–Crippen LogP) is 0.990. The van der Waals surface area contributed by atoms with E-state index < -0.39 is 10.0 Å². The zero-order valence-electron chi connectivity index (χ0n) is 12.5. The first-order valence-corrected chi connectivity index (χ1v) is 8.50. The van der Waals surface area contributed by atoms with E-state index in [-0.39, 0.29) is 23.3 Å². The van der Waals surface area contributed by atoms with Crippen LogP contribution in [-0.4, -0.2) is 48.6 Å². The number of nitrogens with zero attached hydrogens (tertiary/aromatic N) is 2. The summed E-state index contributed by atoms with van der Waals surface area (Å²) in [6.45, 7) is 5.98. The lowest BCUT2D eigenvalue weighted by molar-refractivity contribution is -0.149. The molecule has 1 aromatic heterocycles. The van der Waals surface area contributed by atoms with Crippen molar-refractivity contribution in [3.05, 3.63) is 11.4 Å². The molecule has 21 heavy (non-hydrogen) atoms. The van der Waals surface area contributed by atoms with Crippen LogP contribution in [-0.2, 0) is 19.6 Å². The van der Waals surface area contributed by atoms with Crippen molar-refractivity contribution < 1.29 is 17.9 Å². The Kier molecular flexibility index (Phi) is 4.67. The van der Waals surface area contributed by atoms with Crippen molar-refractivity contribution >= 4 is 16.0 Å². The van der Waals surface area contributed by atoms with E-state index in [0.717, 1.165) is 0 Å². The van der Waals surface area contributed by atoms with Gasteiger partial charge in [0.15, 0.2) is 0 Å². The first kappa shape index (κ1) is 16.0. The number of carbonyl (C=O) groups excluding carboxylic acids is 1. The maximum absolute atomic E-state index is 12.7. The Morgan fingerprint density at radius 2 is 2.19 bits per heavy atom. The number of aromatic amines is 1. The second kappa shape index (κ2) is 6.15. The molecule has 1 atom stereocenters. The molecule has 0 aromatic carbocycles. The van der Waals surface area contributed by atoms with Crippen molar-refractivity contribution in [1.29, 1.82) is 0 Å². The maximum Gasteiger partial charge on any atom is 0.310 e. The highest BCUT2D eigenvalue weighted by Crippen LogP contribution is 2.27. The van der Waals surface area contributed by atoms with Gasteiger partial charge >= 0.3 is 5.97 Å². The smallest absolute Gasteiger partial charge is 0.310 e. The number of carbonyl (C=O) groups is 1. The number of H-pyrrole nitrogens is 1. The largest absolute Gasteiger partial charge is 0.466 e. The van der Waals surface area contributed by atoms with Crippen LogP contribution in [0.4, 0.5) is 0 Å². The van der Waals surface area contributed by atoms with Gasteiger partial charge < -0.3 is 4.74 Å². The maximum atomic E-state index is 12.7. The van der Waals surface area contributed by atoms with E-state index in [1.807, 2.05) is 0 Å². The normalized spacial score (nSPS) is 20.4. The molecular weight excluding hydrogens is 294 g/mol. The molecule has 0 saturated carbocycles. The van der Waals surface area contributed by atoms with E-state index in [0.29, 0.717) is 37.4 Å². The molecule has 0 aliphatic carbocycles. The summed E-state index contributed by atoms with van der Waals surface area (Å²) in [6, 6.07) is 0. The average molecular weight is 315 g/mol. The highest BCUT2D eigenvalue weighted by molar-refractivity contribution is 7.89. The highest BCUT2D eigenvalue weighted by atomic mass is 32.2. The Morgan fingerprint density at radius 3 is 2.76 bits per heavy atom. The minimum Gasteiger partial charge on any atom is -0.466 e. The van der Waals surface area contributed by atoms with Gasteiger partial charge in [0.1, 0.15) is 4.90 Å². The zero-order chi connectivity index (χ0) is 15.6. The van der Waals surface area contributed by atoms with Gasteiger partial charge in [-0.2, -0.15) is 9.40 Å². The van der Waals surface area contributed by atoms with E-state index in [1.165, 1.54) is 4.31 Å². The number of hydrogen-bond acceptors (Lipinski definition) is 5. The van der Waals surface area contributed by atoms with E-state index >= 15 is 0 Å². The number of ether oxygens (including phenoxy) is 1. The third-order valence-electron chi connectivity index (χ3n) is 3.66. The summed E-state index contributed by atoms with van der Waals surface area (Å²) in [5, 5.41) is 6.63. The molecule has 7 nitrogen and oxygen atoms in total. The first-order chi connectivity index (χ1) is 9.87. The fraction of sp³-hybridized carbons (Fsp3) is 0.692. The average Bonchev–Trinajstić information content (AvgIpc) is 2.79. The third-order valence-corrected chi connectivity index (χ3v) is 5.79. The minimum atomic E-state index is -3.63. The van der Waals surface area contributed by atoms with E-state index in [9.17, 15) is 13.2 Å². The van der Waals surface area contributed by atoms with Crippen LogP contribution in [0.1, 0.15) is 31.2 Å². The minimum absolute atomic E-state index is 0.172. The molecular formula is C13H21N3O4S. The Bertz CT molecular complexity index is 604. The predicted molar refractivity (Wildman–Crippen MR) is 76.2 cm³/mol. The van der Waals surface area contributed by atoms with Crippen molar-refractivity contribution in [3.8, 4) is 0 Å². The molecule has 2 rings (SSSR count). The van der Waals surface area contributed by atoms with Crippen LogP contribution in [0, 0.1) is 19.8 Å². The van der Waals surface area contributed by atoms with E-state index in [1.54, 1.807) is 20.8 Å². The number of sulfonamides is 1. The van der Waals surface area contributed by atoms with Gasteiger partial charge in [0, 0.05) is 13.1 Å². The van der Waals surface area contributed by atoms with Crippen molar-refractivity contribution in [3.63, 3.8) is 0 Å². The summed E-state index contributed by atoms with van der Waals surface area (Å²) < 4.78 is 31.8. The fourth-order valence-corrected chi connectivity index (χ4v) is 4.52. The standard InChI is InChI=1S/C13H21N3O4S/c1-4-20-13(17)11-6-5-7-16(8-11)21(18,19)12-9(2)14-15-10(12)3/h11H,4-8H2,1-3H3,(H,14,15)/t11-/m1/s1. The molecule has 2 heterocycles. The molecule has 0 radical (unpaired) electrons. The number of nitrogens with one attached hydrogen (secondary N) is 1. The third kappa shape index (κ3) is 3.11.